The van der Waals surface area contributed by atoms with Crippen LogP contribution in [0.2, 0.25) is 0 Å². The lowest BCUT2D eigenvalue weighted by atomic mass is 10.2. The second-order valence-corrected chi connectivity index (χ2v) is 8.24. The van der Waals surface area contributed by atoms with Crippen LogP contribution < -0.4 is 0 Å². The lowest BCUT2D eigenvalue weighted by Crippen LogP contribution is -2.32. The summed E-state index contributed by atoms with van der Waals surface area (Å²) in [5.41, 5.74) is 0. The minimum Gasteiger partial charge on any atom is -0.380 e. The Kier molecular flexibility index (Phi) is 3.90. The Morgan fingerprint density at radius 3 is 2.67 bits per heavy atom. The van der Waals surface area contributed by atoms with Gasteiger partial charge >= 0.3 is 0 Å². The molecule has 2 fully saturated rings. The van der Waals surface area contributed by atoms with Crippen LogP contribution in [-0.4, -0.2) is 47.7 Å². The number of aromatic nitrogens is 3. The molecule has 8 heteroatoms. The minimum absolute atomic E-state index is 0.150. The molecule has 0 spiro atoms. The van der Waals surface area contributed by atoms with Gasteiger partial charge in [0.15, 0.2) is 5.82 Å². The fourth-order valence-corrected chi connectivity index (χ4v) is 4.80. The highest BCUT2D eigenvalue weighted by Crippen LogP contribution is 2.40. The number of methoxy groups -OCH3 is 1. The Balaban J connectivity index is 1.68. The van der Waals surface area contributed by atoms with Crippen molar-refractivity contribution in [1.29, 1.82) is 0 Å². The molecule has 128 valence electrons. The van der Waals surface area contributed by atoms with Crippen LogP contribution in [0.15, 0.2) is 35.2 Å². The maximum absolute atomic E-state index is 13.0. The fourth-order valence-electron chi connectivity index (χ4n) is 3.14. The molecular formula is C16H20N4O3S. The topological polar surface area (TPSA) is 88.2 Å². The first-order valence-electron chi connectivity index (χ1n) is 8.11. The Hall–Kier alpha value is -1.77. The Bertz CT molecular complexity index is 817. The lowest BCUT2D eigenvalue weighted by Gasteiger charge is -2.22. The number of H-pyrrole nitrogens is 1. The van der Waals surface area contributed by atoms with Gasteiger partial charge in [-0.05, 0) is 31.4 Å². The van der Waals surface area contributed by atoms with Crippen molar-refractivity contribution >= 4 is 10.0 Å². The molecule has 4 rings (SSSR count). The predicted molar refractivity (Wildman–Crippen MR) is 86.8 cm³/mol. The summed E-state index contributed by atoms with van der Waals surface area (Å²) in [5, 5.41) is 7.21. The van der Waals surface area contributed by atoms with E-state index < -0.39 is 10.0 Å². The van der Waals surface area contributed by atoms with Crippen molar-refractivity contribution < 1.29 is 13.2 Å². The van der Waals surface area contributed by atoms with E-state index in [1.807, 2.05) is 0 Å². The van der Waals surface area contributed by atoms with Crippen LogP contribution in [0.5, 0.6) is 0 Å². The van der Waals surface area contributed by atoms with Gasteiger partial charge in [0, 0.05) is 19.6 Å². The average Bonchev–Trinajstić information content (AvgIpc) is 3.17. The molecule has 24 heavy (non-hydrogen) atoms. The number of nitrogens with one attached hydrogen (secondary N) is 1. The van der Waals surface area contributed by atoms with Gasteiger partial charge in [-0.3, -0.25) is 5.10 Å². The monoisotopic (exact) mass is 348 g/mol. The molecule has 2 aromatic rings. The summed E-state index contributed by atoms with van der Waals surface area (Å²) >= 11 is 0. The van der Waals surface area contributed by atoms with Crippen LogP contribution in [0.4, 0.5) is 0 Å². The molecule has 0 unspecified atom stereocenters. The third kappa shape index (κ3) is 2.74. The van der Waals surface area contributed by atoms with Crippen LogP contribution in [-0.2, 0) is 14.8 Å². The number of hydrogen-bond donors (Lipinski definition) is 1. The number of nitrogens with zero attached hydrogens (tertiary/aromatic N) is 3. The first kappa shape index (κ1) is 15.7. The molecule has 1 aromatic heterocycles. The van der Waals surface area contributed by atoms with E-state index in [9.17, 15) is 8.42 Å². The van der Waals surface area contributed by atoms with Gasteiger partial charge in [0.05, 0.1) is 17.0 Å². The lowest BCUT2D eigenvalue weighted by molar-refractivity contribution is 0.114. The maximum atomic E-state index is 13.0. The molecule has 1 saturated carbocycles. The second-order valence-electron chi connectivity index (χ2n) is 6.35. The van der Waals surface area contributed by atoms with Gasteiger partial charge in [-0.1, -0.05) is 18.2 Å². The number of aromatic amines is 1. The third-order valence-electron chi connectivity index (χ3n) is 4.68. The molecular weight excluding hydrogens is 328 g/mol. The van der Waals surface area contributed by atoms with Crippen LogP contribution in [0.25, 0.3) is 0 Å². The van der Waals surface area contributed by atoms with Crippen molar-refractivity contribution in [2.75, 3.05) is 13.7 Å². The van der Waals surface area contributed by atoms with Crippen molar-refractivity contribution in [2.45, 2.75) is 42.2 Å². The van der Waals surface area contributed by atoms with E-state index in [-0.39, 0.29) is 17.0 Å². The van der Waals surface area contributed by atoms with E-state index in [1.165, 1.54) is 4.31 Å². The van der Waals surface area contributed by atoms with Crippen LogP contribution in [0.1, 0.15) is 42.9 Å². The van der Waals surface area contributed by atoms with Crippen molar-refractivity contribution in [3.63, 3.8) is 0 Å². The van der Waals surface area contributed by atoms with E-state index in [2.05, 4.69) is 15.2 Å². The van der Waals surface area contributed by atoms with Crippen molar-refractivity contribution in [3.05, 3.63) is 42.0 Å². The standard InChI is InChI=1S/C16H20N4O3S/c1-23-12-9-14(16-17-15(18-19-16)11-7-8-11)20(10-12)24(21,22)13-5-3-2-4-6-13/h2-6,11-12,14H,7-10H2,1H3,(H,17,18,19)/t12-,14+/m1/s1. The highest BCUT2D eigenvalue weighted by molar-refractivity contribution is 7.89. The van der Waals surface area contributed by atoms with Gasteiger partial charge in [0.1, 0.15) is 5.82 Å². The molecule has 1 saturated heterocycles. The summed E-state index contributed by atoms with van der Waals surface area (Å²) in [6, 6.07) is 8.11. The number of ether oxygens (including phenoxy) is 1. The fraction of sp³-hybridized carbons (Fsp3) is 0.500. The molecule has 0 radical (unpaired) electrons. The highest BCUT2D eigenvalue weighted by atomic mass is 32.2. The molecule has 1 N–H and O–H groups in total. The van der Waals surface area contributed by atoms with E-state index in [4.69, 9.17) is 4.74 Å². The predicted octanol–water partition coefficient (Wildman–Crippen LogP) is 1.83. The molecule has 2 atom stereocenters. The first-order chi connectivity index (χ1) is 11.6. The summed E-state index contributed by atoms with van der Waals surface area (Å²) in [7, 11) is -2.00. The zero-order valence-electron chi connectivity index (χ0n) is 13.4. The third-order valence-corrected chi connectivity index (χ3v) is 6.57. The van der Waals surface area contributed by atoms with Gasteiger partial charge < -0.3 is 4.74 Å². The molecule has 0 bridgehead atoms. The second kappa shape index (κ2) is 5.94. The summed E-state index contributed by atoms with van der Waals surface area (Å²) in [6.07, 6.45) is 2.63. The average molecular weight is 348 g/mol. The molecule has 1 aromatic carbocycles. The normalized spacial score (nSPS) is 25.2. The van der Waals surface area contributed by atoms with E-state index in [0.29, 0.717) is 24.7 Å². The van der Waals surface area contributed by atoms with Crippen LogP contribution in [0.3, 0.4) is 0 Å². The Morgan fingerprint density at radius 1 is 1.25 bits per heavy atom. The van der Waals surface area contributed by atoms with E-state index >= 15 is 0 Å². The first-order valence-corrected chi connectivity index (χ1v) is 9.55. The summed E-state index contributed by atoms with van der Waals surface area (Å²) in [6.45, 7) is 0.317. The number of rotatable bonds is 5. The van der Waals surface area contributed by atoms with Gasteiger partial charge in [-0.2, -0.15) is 9.40 Å². The van der Waals surface area contributed by atoms with Crippen LogP contribution in [0, 0.1) is 0 Å². The molecule has 2 aliphatic rings. The minimum atomic E-state index is -3.61. The Morgan fingerprint density at radius 2 is 2.00 bits per heavy atom. The zero-order valence-corrected chi connectivity index (χ0v) is 14.2. The molecule has 2 heterocycles. The molecule has 7 nitrogen and oxygen atoms in total. The van der Waals surface area contributed by atoms with Gasteiger partial charge in [-0.25, -0.2) is 13.4 Å². The number of hydrogen-bond acceptors (Lipinski definition) is 5. The number of sulfonamides is 1. The molecule has 1 aliphatic carbocycles. The maximum Gasteiger partial charge on any atom is 0.243 e. The van der Waals surface area contributed by atoms with Crippen molar-refractivity contribution in [3.8, 4) is 0 Å². The zero-order chi connectivity index (χ0) is 16.7. The smallest absolute Gasteiger partial charge is 0.243 e. The largest absolute Gasteiger partial charge is 0.380 e. The summed E-state index contributed by atoms with van der Waals surface area (Å²) in [4.78, 5) is 4.84. The van der Waals surface area contributed by atoms with Gasteiger partial charge in [-0.15, -0.1) is 0 Å². The molecule has 0 amide bonds. The highest BCUT2D eigenvalue weighted by Gasteiger charge is 2.43. The molecule has 1 aliphatic heterocycles. The van der Waals surface area contributed by atoms with Gasteiger partial charge in [0.25, 0.3) is 0 Å². The summed E-state index contributed by atoms with van der Waals surface area (Å²) < 4.78 is 33.0. The summed E-state index contributed by atoms with van der Waals surface area (Å²) in [5.74, 6) is 1.83. The van der Waals surface area contributed by atoms with Gasteiger partial charge in [0.2, 0.25) is 10.0 Å². The van der Waals surface area contributed by atoms with Crippen molar-refractivity contribution in [2.24, 2.45) is 0 Å². The van der Waals surface area contributed by atoms with E-state index in [0.717, 1.165) is 18.7 Å². The quantitative estimate of drug-likeness (QED) is 0.890. The SMILES string of the molecule is CO[C@@H]1C[C@@H](c2nc(C3CC3)n[nH]2)N(S(=O)(=O)c2ccccc2)C1. The number of benzene rings is 1. The Labute approximate surface area is 141 Å². The van der Waals surface area contributed by atoms with E-state index in [1.54, 1.807) is 37.4 Å². The van der Waals surface area contributed by atoms with Crippen LogP contribution >= 0.6 is 0 Å². The van der Waals surface area contributed by atoms with Crippen molar-refractivity contribution in [1.82, 2.24) is 19.5 Å².